The summed E-state index contributed by atoms with van der Waals surface area (Å²) in [6.07, 6.45) is 0. The minimum atomic E-state index is -0.516. The van der Waals surface area contributed by atoms with Gasteiger partial charge in [0.15, 0.2) is 11.6 Å². The molecule has 0 bridgehead atoms. The minimum Gasteiger partial charge on any atom is -0.491 e. The fourth-order valence-corrected chi connectivity index (χ4v) is 1.26. The van der Waals surface area contributed by atoms with Crippen molar-refractivity contribution < 1.29 is 13.9 Å². The van der Waals surface area contributed by atoms with Gasteiger partial charge in [0.05, 0.1) is 6.61 Å². The number of ether oxygens (including phenoxy) is 1. The van der Waals surface area contributed by atoms with E-state index in [-0.39, 0.29) is 17.7 Å². The van der Waals surface area contributed by atoms with Crippen molar-refractivity contribution in [2.24, 2.45) is 0 Å². The van der Waals surface area contributed by atoms with Crippen molar-refractivity contribution in [3.05, 3.63) is 29.6 Å². The molecule has 0 radical (unpaired) electrons. The van der Waals surface area contributed by atoms with Crippen LogP contribution in [0.25, 0.3) is 0 Å². The number of amides is 1. The van der Waals surface area contributed by atoms with Crippen LogP contribution in [0.15, 0.2) is 18.2 Å². The third-order valence-electron chi connectivity index (χ3n) is 1.91. The molecular weight excluding hydrogens is 209 g/mol. The van der Waals surface area contributed by atoms with Crippen molar-refractivity contribution >= 4 is 5.91 Å². The quantitative estimate of drug-likeness (QED) is 0.854. The average Bonchev–Trinajstić information content (AvgIpc) is 2.20. The van der Waals surface area contributed by atoms with Gasteiger partial charge in [-0.3, -0.25) is 4.79 Å². The molecule has 1 amide bonds. The number of benzene rings is 1. The zero-order chi connectivity index (χ0) is 12.1. The lowest BCUT2D eigenvalue weighted by atomic mass is 10.2. The molecule has 4 heteroatoms. The maximum absolute atomic E-state index is 13.4. The van der Waals surface area contributed by atoms with Gasteiger partial charge >= 0.3 is 0 Å². The molecular formula is C12H16FNO2. The molecule has 0 aliphatic rings. The van der Waals surface area contributed by atoms with E-state index in [0.29, 0.717) is 12.2 Å². The second-order valence-electron chi connectivity index (χ2n) is 3.71. The van der Waals surface area contributed by atoms with Crippen molar-refractivity contribution in [2.45, 2.75) is 26.8 Å². The molecule has 1 aromatic rings. The van der Waals surface area contributed by atoms with Gasteiger partial charge in [-0.15, -0.1) is 0 Å². The van der Waals surface area contributed by atoms with Gasteiger partial charge in [0.25, 0.3) is 5.91 Å². The molecule has 0 unspecified atom stereocenters. The van der Waals surface area contributed by atoms with Crippen molar-refractivity contribution in [3.8, 4) is 5.75 Å². The molecule has 0 heterocycles. The van der Waals surface area contributed by atoms with E-state index in [1.54, 1.807) is 13.0 Å². The van der Waals surface area contributed by atoms with Gasteiger partial charge in [0, 0.05) is 11.6 Å². The van der Waals surface area contributed by atoms with Crippen LogP contribution in [-0.4, -0.2) is 18.6 Å². The molecule has 0 spiro atoms. The van der Waals surface area contributed by atoms with Crippen molar-refractivity contribution in [1.82, 2.24) is 5.32 Å². The summed E-state index contributed by atoms with van der Waals surface area (Å²) < 4.78 is 18.5. The molecule has 0 atom stereocenters. The Morgan fingerprint density at radius 1 is 1.50 bits per heavy atom. The fourth-order valence-electron chi connectivity index (χ4n) is 1.26. The Morgan fingerprint density at radius 3 is 2.69 bits per heavy atom. The van der Waals surface area contributed by atoms with Gasteiger partial charge < -0.3 is 10.1 Å². The summed E-state index contributed by atoms with van der Waals surface area (Å²) in [7, 11) is 0. The first-order valence-corrected chi connectivity index (χ1v) is 5.27. The zero-order valence-electron chi connectivity index (χ0n) is 9.71. The van der Waals surface area contributed by atoms with Gasteiger partial charge in [0.2, 0.25) is 0 Å². The van der Waals surface area contributed by atoms with Crippen molar-refractivity contribution in [3.63, 3.8) is 0 Å². The van der Waals surface area contributed by atoms with Crippen LogP contribution in [0.4, 0.5) is 4.39 Å². The zero-order valence-corrected chi connectivity index (χ0v) is 9.71. The molecule has 0 aromatic heterocycles. The Kier molecular flexibility index (Phi) is 4.28. The Morgan fingerprint density at radius 2 is 2.19 bits per heavy atom. The minimum absolute atomic E-state index is 0.0297. The molecule has 0 fully saturated rings. The van der Waals surface area contributed by atoms with Gasteiger partial charge in [-0.05, 0) is 39.0 Å². The Balaban J connectivity index is 2.84. The van der Waals surface area contributed by atoms with E-state index in [1.165, 1.54) is 12.1 Å². The van der Waals surface area contributed by atoms with E-state index in [1.807, 2.05) is 13.8 Å². The topological polar surface area (TPSA) is 38.3 Å². The fraction of sp³-hybridized carbons (Fsp3) is 0.417. The van der Waals surface area contributed by atoms with E-state index in [9.17, 15) is 9.18 Å². The summed E-state index contributed by atoms with van der Waals surface area (Å²) in [5.74, 6) is -0.626. The lowest BCUT2D eigenvalue weighted by Gasteiger charge is -2.09. The van der Waals surface area contributed by atoms with Crippen molar-refractivity contribution in [1.29, 1.82) is 0 Å². The smallest absolute Gasteiger partial charge is 0.251 e. The van der Waals surface area contributed by atoms with Gasteiger partial charge in [-0.1, -0.05) is 0 Å². The summed E-state index contributed by atoms with van der Waals surface area (Å²) in [6, 6.07) is 4.23. The molecule has 0 saturated carbocycles. The van der Waals surface area contributed by atoms with Crippen LogP contribution in [-0.2, 0) is 0 Å². The number of carbonyl (C=O) groups excluding carboxylic acids is 1. The third kappa shape index (κ3) is 3.22. The van der Waals surface area contributed by atoms with Crippen LogP contribution in [0.5, 0.6) is 5.75 Å². The number of carbonyl (C=O) groups is 1. The van der Waals surface area contributed by atoms with Crippen LogP contribution in [0.2, 0.25) is 0 Å². The Hall–Kier alpha value is -1.58. The van der Waals surface area contributed by atoms with Crippen LogP contribution in [0.3, 0.4) is 0 Å². The summed E-state index contributed by atoms with van der Waals surface area (Å²) in [5, 5.41) is 2.69. The lowest BCUT2D eigenvalue weighted by Crippen LogP contribution is -2.30. The number of rotatable bonds is 4. The molecule has 0 aliphatic carbocycles. The number of nitrogens with one attached hydrogen (secondary N) is 1. The van der Waals surface area contributed by atoms with Crippen LogP contribution >= 0.6 is 0 Å². The molecule has 88 valence electrons. The second-order valence-corrected chi connectivity index (χ2v) is 3.71. The number of hydrogen-bond acceptors (Lipinski definition) is 2. The van der Waals surface area contributed by atoms with Crippen LogP contribution in [0, 0.1) is 5.82 Å². The normalized spacial score (nSPS) is 10.3. The number of halogens is 1. The van der Waals surface area contributed by atoms with E-state index in [0.717, 1.165) is 0 Å². The Bertz CT molecular complexity index is 377. The molecule has 1 aromatic carbocycles. The molecule has 0 aliphatic heterocycles. The highest BCUT2D eigenvalue weighted by Crippen LogP contribution is 2.18. The predicted octanol–water partition coefficient (Wildman–Crippen LogP) is 2.36. The van der Waals surface area contributed by atoms with Gasteiger partial charge in [-0.25, -0.2) is 4.39 Å². The highest BCUT2D eigenvalue weighted by Gasteiger charge is 2.10. The van der Waals surface area contributed by atoms with Gasteiger partial charge in [0.1, 0.15) is 0 Å². The summed E-state index contributed by atoms with van der Waals surface area (Å²) >= 11 is 0. The predicted molar refractivity (Wildman–Crippen MR) is 60.2 cm³/mol. The molecule has 3 nitrogen and oxygen atoms in total. The lowest BCUT2D eigenvalue weighted by molar-refractivity contribution is 0.0942. The molecule has 1 N–H and O–H groups in total. The maximum atomic E-state index is 13.4. The van der Waals surface area contributed by atoms with E-state index < -0.39 is 5.82 Å². The van der Waals surface area contributed by atoms with Crippen LogP contribution < -0.4 is 10.1 Å². The number of hydrogen-bond donors (Lipinski definition) is 1. The first-order chi connectivity index (χ1) is 7.54. The van der Waals surface area contributed by atoms with E-state index >= 15 is 0 Å². The summed E-state index contributed by atoms with van der Waals surface area (Å²) in [6.45, 7) is 5.87. The maximum Gasteiger partial charge on any atom is 0.251 e. The average molecular weight is 225 g/mol. The van der Waals surface area contributed by atoms with Crippen molar-refractivity contribution in [2.75, 3.05) is 6.61 Å². The standard InChI is InChI=1S/C12H16FNO2/c1-4-16-11-6-5-9(7-10(11)13)12(15)14-8(2)3/h5-8H,4H2,1-3H3,(H,14,15). The summed E-state index contributed by atoms with van der Waals surface area (Å²) in [5.41, 5.74) is 0.301. The summed E-state index contributed by atoms with van der Waals surface area (Å²) in [4.78, 5) is 11.6. The first kappa shape index (κ1) is 12.5. The molecule has 0 saturated heterocycles. The largest absolute Gasteiger partial charge is 0.491 e. The van der Waals surface area contributed by atoms with E-state index in [2.05, 4.69) is 5.32 Å². The second kappa shape index (κ2) is 5.49. The van der Waals surface area contributed by atoms with Gasteiger partial charge in [-0.2, -0.15) is 0 Å². The monoisotopic (exact) mass is 225 g/mol. The Labute approximate surface area is 94.6 Å². The highest BCUT2D eigenvalue weighted by molar-refractivity contribution is 5.94. The SMILES string of the molecule is CCOc1ccc(C(=O)NC(C)C)cc1F. The highest BCUT2D eigenvalue weighted by atomic mass is 19.1. The first-order valence-electron chi connectivity index (χ1n) is 5.27. The van der Waals surface area contributed by atoms with E-state index in [4.69, 9.17) is 4.74 Å². The molecule has 16 heavy (non-hydrogen) atoms. The molecule has 1 rings (SSSR count). The van der Waals surface area contributed by atoms with Crippen LogP contribution in [0.1, 0.15) is 31.1 Å². The third-order valence-corrected chi connectivity index (χ3v) is 1.91.